The number of aryl methyl sites for hydroxylation is 1. The Balaban J connectivity index is 2.18. The van der Waals surface area contributed by atoms with Crippen molar-refractivity contribution in [2.24, 2.45) is 0 Å². The predicted octanol–water partition coefficient (Wildman–Crippen LogP) is 5.54. The van der Waals surface area contributed by atoms with Crippen molar-refractivity contribution in [2.75, 3.05) is 0 Å². The second kappa shape index (κ2) is 5.69. The van der Waals surface area contributed by atoms with Crippen LogP contribution in [0.25, 0.3) is 10.8 Å². The average molecular weight is 317 g/mol. The fraction of sp³-hybridized carbons (Fsp3) is 0.111. The number of hydrogen-bond acceptors (Lipinski definition) is 1. The molecule has 3 rings (SSSR count). The van der Waals surface area contributed by atoms with E-state index >= 15 is 0 Å². The summed E-state index contributed by atoms with van der Waals surface area (Å²) in [5.41, 5.74) is 2.64. The van der Waals surface area contributed by atoms with Crippen LogP contribution in [0.1, 0.15) is 22.8 Å². The Morgan fingerprint density at radius 1 is 0.905 bits per heavy atom. The van der Waals surface area contributed by atoms with Crippen molar-refractivity contribution >= 4 is 34.0 Å². The number of hydrogen-bond donors (Lipinski definition) is 1. The average Bonchev–Trinajstić information content (AvgIpc) is 2.46. The highest BCUT2D eigenvalue weighted by Crippen LogP contribution is 2.33. The number of aliphatic hydroxyl groups excluding tert-OH is 1. The molecule has 0 saturated heterocycles. The smallest absolute Gasteiger partial charge is 0.105 e. The van der Waals surface area contributed by atoms with Crippen molar-refractivity contribution < 1.29 is 5.11 Å². The number of fused-ring (bicyclic) bond motifs is 1. The predicted molar refractivity (Wildman–Crippen MR) is 89.2 cm³/mol. The molecule has 0 saturated carbocycles. The summed E-state index contributed by atoms with van der Waals surface area (Å²) in [6.45, 7) is 1.96. The van der Waals surface area contributed by atoms with Crippen LogP contribution in [0, 0.1) is 6.92 Å². The molecule has 0 bridgehead atoms. The fourth-order valence-electron chi connectivity index (χ4n) is 2.63. The Labute approximate surface area is 133 Å². The van der Waals surface area contributed by atoms with Gasteiger partial charge in [-0.1, -0.05) is 59.6 Å². The number of halogens is 2. The van der Waals surface area contributed by atoms with Crippen LogP contribution >= 0.6 is 23.2 Å². The summed E-state index contributed by atoms with van der Waals surface area (Å²) in [4.78, 5) is 0. The zero-order valence-electron chi connectivity index (χ0n) is 11.5. The van der Waals surface area contributed by atoms with Crippen molar-refractivity contribution in [3.63, 3.8) is 0 Å². The molecular weight excluding hydrogens is 303 g/mol. The number of aliphatic hydroxyl groups is 1. The van der Waals surface area contributed by atoms with E-state index in [1.54, 1.807) is 6.07 Å². The number of benzene rings is 3. The molecule has 0 heterocycles. The van der Waals surface area contributed by atoms with Crippen molar-refractivity contribution in [2.45, 2.75) is 13.0 Å². The molecule has 0 aromatic heterocycles. The van der Waals surface area contributed by atoms with E-state index in [0.29, 0.717) is 10.0 Å². The van der Waals surface area contributed by atoms with Gasteiger partial charge in [0.2, 0.25) is 0 Å². The van der Waals surface area contributed by atoms with Gasteiger partial charge in [-0.2, -0.15) is 0 Å². The van der Waals surface area contributed by atoms with Gasteiger partial charge in [-0.25, -0.2) is 0 Å². The second-order valence-electron chi connectivity index (χ2n) is 5.15. The van der Waals surface area contributed by atoms with E-state index in [1.165, 1.54) is 0 Å². The van der Waals surface area contributed by atoms with Crippen LogP contribution < -0.4 is 0 Å². The Kier molecular flexibility index (Phi) is 3.90. The molecule has 0 spiro atoms. The first-order valence-corrected chi connectivity index (χ1v) is 7.44. The van der Waals surface area contributed by atoms with Gasteiger partial charge in [0.05, 0.1) is 0 Å². The summed E-state index contributed by atoms with van der Waals surface area (Å²) >= 11 is 12.3. The molecule has 0 aliphatic rings. The zero-order valence-corrected chi connectivity index (χ0v) is 13.0. The Morgan fingerprint density at radius 2 is 1.62 bits per heavy atom. The minimum atomic E-state index is -0.732. The molecule has 3 aromatic rings. The third kappa shape index (κ3) is 2.77. The first kappa shape index (κ1) is 14.4. The van der Waals surface area contributed by atoms with Crippen molar-refractivity contribution in [1.82, 2.24) is 0 Å². The third-order valence-corrected chi connectivity index (χ3v) is 4.13. The first-order valence-electron chi connectivity index (χ1n) is 6.68. The van der Waals surface area contributed by atoms with Crippen molar-refractivity contribution in [1.29, 1.82) is 0 Å². The molecule has 21 heavy (non-hydrogen) atoms. The van der Waals surface area contributed by atoms with Gasteiger partial charge < -0.3 is 5.11 Å². The molecule has 3 heteroatoms. The highest BCUT2D eigenvalue weighted by atomic mass is 35.5. The molecule has 3 aromatic carbocycles. The molecule has 0 aliphatic carbocycles. The van der Waals surface area contributed by atoms with Crippen LogP contribution in [-0.2, 0) is 0 Å². The van der Waals surface area contributed by atoms with E-state index in [0.717, 1.165) is 27.5 Å². The van der Waals surface area contributed by atoms with Crippen LogP contribution in [0.15, 0.2) is 54.6 Å². The van der Waals surface area contributed by atoms with E-state index < -0.39 is 6.10 Å². The van der Waals surface area contributed by atoms with E-state index in [-0.39, 0.29) is 0 Å². The zero-order chi connectivity index (χ0) is 15.0. The maximum Gasteiger partial charge on any atom is 0.105 e. The maximum atomic E-state index is 10.7. The molecule has 1 atom stereocenters. The molecular formula is C18H14Cl2O. The van der Waals surface area contributed by atoms with Gasteiger partial charge in [0, 0.05) is 15.4 Å². The molecule has 1 unspecified atom stereocenters. The minimum absolute atomic E-state index is 0.627. The molecule has 0 amide bonds. The second-order valence-corrected chi connectivity index (χ2v) is 5.99. The van der Waals surface area contributed by atoms with Gasteiger partial charge in [0.1, 0.15) is 6.10 Å². The normalized spacial score (nSPS) is 12.6. The van der Waals surface area contributed by atoms with E-state index in [9.17, 15) is 5.11 Å². The Morgan fingerprint density at radius 3 is 2.33 bits per heavy atom. The molecule has 106 valence electrons. The maximum absolute atomic E-state index is 10.7. The topological polar surface area (TPSA) is 20.2 Å². The number of rotatable bonds is 2. The van der Waals surface area contributed by atoms with Crippen molar-refractivity contribution in [3.8, 4) is 0 Å². The fourth-order valence-corrected chi connectivity index (χ4v) is 3.15. The summed E-state index contributed by atoms with van der Waals surface area (Å²) in [5, 5.41) is 13.9. The van der Waals surface area contributed by atoms with E-state index in [4.69, 9.17) is 23.2 Å². The van der Waals surface area contributed by atoms with Gasteiger partial charge in [-0.3, -0.25) is 0 Å². The Hall–Kier alpha value is -1.54. The quantitative estimate of drug-likeness (QED) is 0.658. The molecule has 0 radical (unpaired) electrons. The summed E-state index contributed by atoms with van der Waals surface area (Å²) in [5.74, 6) is 0. The lowest BCUT2D eigenvalue weighted by Gasteiger charge is -2.16. The lowest BCUT2D eigenvalue weighted by molar-refractivity contribution is 0.222. The highest BCUT2D eigenvalue weighted by molar-refractivity contribution is 6.35. The van der Waals surface area contributed by atoms with Crippen molar-refractivity contribution in [3.05, 3.63) is 81.3 Å². The van der Waals surface area contributed by atoms with Gasteiger partial charge in [-0.05, 0) is 47.2 Å². The third-order valence-electron chi connectivity index (χ3n) is 3.58. The monoisotopic (exact) mass is 316 g/mol. The molecule has 0 fully saturated rings. The largest absolute Gasteiger partial charge is 0.384 e. The Bertz CT molecular complexity index is 791. The summed E-state index contributed by atoms with van der Waals surface area (Å²) in [7, 11) is 0. The first-order chi connectivity index (χ1) is 10.1. The molecule has 1 nitrogen and oxygen atoms in total. The minimum Gasteiger partial charge on any atom is -0.384 e. The SMILES string of the molecule is Cc1cc(Cl)cc(C(O)c2ccc(Cl)c3ccccc23)c1. The summed E-state index contributed by atoms with van der Waals surface area (Å²) in [6.07, 6.45) is -0.732. The van der Waals surface area contributed by atoms with Crippen LogP contribution in [0.3, 0.4) is 0 Å². The summed E-state index contributed by atoms with van der Waals surface area (Å²) in [6, 6.07) is 17.1. The van der Waals surface area contributed by atoms with Gasteiger partial charge >= 0.3 is 0 Å². The van der Waals surface area contributed by atoms with E-state index in [1.807, 2.05) is 55.5 Å². The summed E-state index contributed by atoms with van der Waals surface area (Å²) < 4.78 is 0. The van der Waals surface area contributed by atoms with Gasteiger partial charge in [0.15, 0.2) is 0 Å². The van der Waals surface area contributed by atoms with Crippen LogP contribution in [0.4, 0.5) is 0 Å². The molecule has 0 aliphatic heterocycles. The molecule has 1 N–H and O–H groups in total. The van der Waals surface area contributed by atoms with Gasteiger partial charge in [0.25, 0.3) is 0 Å². The lowest BCUT2D eigenvalue weighted by Crippen LogP contribution is -2.01. The van der Waals surface area contributed by atoms with Crippen LogP contribution in [-0.4, -0.2) is 5.11 Å². The lowest BCUT2D eigenvalue weighted by atomic mass is 9.95. The standard InChI is InChI=1S/C18H14Cl2O/c1-11-8-12(10-13(19)9-11)18(21)16-6-7-17(20)15-5-3-2-4-14(15)16/h2-10,18,21H,1H3. The van der Waals surface area contributed by atoms with Crippen LogP contribution in [0.5, 0.6) is 0 Å². The van der Waals surface area contributed by atoms with Crippen LogP contribution in [0.2, 0.25) is 10.0 Å². The highest BCUT2D eigenvalue weighted by Gasteiger charge is 2.15. The van der Waals surface area contributed by atoms with E-state index in [2.05, 4.69) is 0 Å². The van der Waals surface area contributed by atoms with Gasteiger partial charge in [-0.15, -0.1) is 0 Å².